The first kappa shape index (κ1) is 12.2. The number of hydrogen-bond acceptors (Lipinski definition) is 4. The lowest BCUT2D eigenvalue weighted by Gasteiger charge is -2.41. The molecule has 0 spiro atoms. The van der Waals surface area contributed by atoms with Crippen molar-refractivity contribution < 1.29 is 0 Å². The predicted molar refractivity (Wildman–Crippen MR) is 79.0 cm³/mol. The van der Waals surface area contributed by atoms with Gasteiger partial charge in [0.05, 0.1) is 5.52 Å². The summed E-state index contributed by atoms with van der Waals surface area (Å²) >= 11 is 0. The molecule has 0 amide bonds. The van der Waals surface area contributed by atoms with Gasteiger partial charge in [0.1, 0.15) is 5.82 Å². The number of rotatable bonds is 4. The summed E-state index contributed by atoms with van der Waals surface area (Å²) < 4.78 is 0. The summed E-state index contributed by atoms with van der Waals surface area (Å²) in [6.45, 7) is 3.25. The Hall–Kier alpha value is -1.84. The van der Waals surface area contributed by atoms with Crippen LogP contribution in [0.2, 0.25) is 0 Å². The number of nitrogens with zero attached hydrogens (tertiary/aromatic N) is 2. The molecule has 0 unspecified atom stereocenters. The third-order valence-electron chi connectivity index (χ3n) is 4.42. The van der Waals surface area contributed by atoms with Crippen molar-refractivity contribution in [1.82, 2.24) is 9.97 Å². The summed E-state index contributed by atoms with van der Waals surface area (Å²) in [5, 5.41) is 4.53. The highest BCUT2D eigenvalue weighted by atomic mass is 15.1. The van der Waals surface area contributed by atoms with E-state index in [9.17, 15) is 0 Å². The fourth-order valence-electron chi connectivity index (χ4n) is 2.83. The van der Waals surface area contributed by atoms with Crippen molar-refractivity contribution >= 4 is 22.7 Å². The van der Waals surface area contributed by atoms with Crippen LogP contribution in [0.3, 0.4) is 0 Å². The van der Waals surface area contributed by atoms with Crippen LogP contribution < -0.4 is 11.1 Å². The van der Waals surface area contributed by atoms with Crippen LogP contribution in [0.4, 0.5) is 11.8 Å². The van der Waals surface area contributed by atoms with Gasteiger partial charge in [0.2, 0.25) is 5.95 Å². The summed E-state index contributed by atoms with van der Waals surface area (Å²) in [7, 11) is 0. The van der Waals surface area contributed by atoms with Crippen LogP contribution in [-0.2, 0) is 0 Å². The van der Waals surface area contributed by atoms with Gasteiger partial charge in [0, 0.05) is 11.9 Å². The van der Waals surface area contributed by atoms with E-state index in [-0.39, 0.29) is 0 Å². The first-order chi connectivity index (χ1) is 9.22. The van der Waals surface area contributed by atoms with Gasteiger partial charge < -0.3 is 11.1 Å². The van der Waals surface area contributed by atoms with E-state index in [1.165, 1.54) is 25.7 Å². The van der Waals surface area contributed by atoms with Crippen molar-refractivity contribution in [3.8, 4) is 0 Å². The second-order valence-corrected chi connectivity index (χ2v) is 5.51. The Morgan fingerprint density at radius 2 is 2.05 bits per heavy atom. The number of aromatic nitrogens is 2. The second-order valence-electron chi connectivity index (χ2n) is 5.51. The smallest absolute Gasteiger partial charge is 0.222 e. The number of para-hydroxylation sites is 1. The van der Waals surface area contributed by atoms with Gasteiger partial charge in [-0.05, 0) is 36.8 Å². The minimum atomic E-state index is 0.334. The lowest BCUT2D eigenvalue weighted by Crippen LogP contribution is -2.36. The average Bonchev–Trinajstić information content (AvgIpc) is 2.37. The molecule has 19 heavy (non-hydrogen) atoms. The number of benzene rings is 1. The molecule has 1 heterocycles. The van der Waals surface area contributed by atoms with E-state index in [0.717, 1.165) is 23.3 Å². The van der Waals surface area contributed by atoms with Gasteiger partial charge >= 0.3 is 0 Å². The topological polar surface area (TPSA) is 63.8 Å². The molecule has 3 N–H and O–H groups in total. The highest BCUT2D eigenvalue weighted by Crippen LogP contribution is 2.43. The third kappa shape index (κ3) is 2.23. The van der Waals surface area contributed by atoms with Crippen LogP contribution in [0.25, 0.3) is 10.9 Å². The van der Waals surface area contributed by atoms with E-state index in [1.807, 2.05) is 24.3 Å². The zero-order chi connectivity index (χ0) is 13.3. The lowest BCUT2D eigenvalue weighted by molar-refractivity contribution is 0.145. The minimum absolute atomic E-state index is 0.334. The summed E-state index contributed by atoms with van der Waals surface area (Å²) in [4.78, 5) is 8.61. The summed E-state index contributed by atoms with van der Waals surface area (Å²) in [6, 6.07) is 7.98. The maximum atomic E-state index is 5.78. The van der Waals surface area contributed by atoms with Crippen molar-refractivity contribution in [2.45, 2.75) is 32.6 Å². The van der Waals surface area contributed by atoms with Gasteiger partial charge in [0.25, 0.3) is 0 Å². The highest BCUT2D eigenvalue weighted by Gasteiger charge is 2.34. The van der Waals surface area contributed by atoms with E-state index in [0.29, 0.717) is 11.4 Å². The van der Waals surface area contributed by atoms with Crippen LogP contribution in [0, 0.1) is 5.41 Å². The average molecular weight is 256 g/mol. The fraction of sp³-hybridized carbons (Fsp3) is 0.467. The number of anilines is 2. The zero-order valence-corrected chi connectivity index (χ0v) is 11.3. The Labute approximate surface area is 113 Å². The molecule has 0 atom stereocenters. The molecule has 1 aromatic heterocycles. The van der Waals surface area contributed by atoms with Crippen LogP contribution in [0.5, 0.6) is 0 Å². The molecular formula is C15H20N4. The third-order valence-corrected chi connectivity index (χ3v) is 4.42. The predicted octanol–water partition coefficient (Wildman–Crippen LogP) is 3.20. The van der Waals surface area contributed by atoms with Gasteiger partial charge in [-0.15, -0.1) is 0 Å². The summed E-state index contributed by atoms with van der Waals surface area (Å²) in [5.74, 6) is 1.20. The molecule has 4 nitrogen and oxygen atoms in total. The van der Waals surface area contributed by atoms with Crippen molar-refractivity contribution in [2.24, 2.45) is 5.41 Å². The van der Waals surface area contributed by atoms with E-state index in [4.69, 9.17) is 5.73 Å². The molecule has 1 aromatic carbocycles. The van der Waals surface area contributed by atoms with Crippen LogP contribution in [0.15, 0.2) is 24.3 Å². The Kier molecular flexibility index (Phi) is 3.01. The van der Waals surface area contributed by atoms with E-state index in [2.05, 4.69) is 22.2 Å². The first-order valence-corrected chi connectivity index (χ1v) is 6.99. The van der Waals surface area contributed by atoms with Crippen LogP contribution in [-0.4, -0.2) is 16.5 Å². The lowest BCUT2D eigenvalue weighted by atomic mass is 9.67. The zero-order valence-electron chi connectivity index (χ0n) is 11.3. The van der Waals surface area contributed by atoms with Crippen molar-refractivity contribution in [3.63, 3.8) is 0 Å². The number of hydrogen-bond donors (Lipinski definition) is 2. The minimum Gasteiger partial charge on any atom is -0.369 e. The standard InChI is InChI=1S/C15H20N4/c1-2-15(8-5-9-15)10-17-13-11-6-3-4-7-12(11)18-14(16)19-13/h3-4,6-7H,2,5,8-10H2,1H3,(H3,16,17,18,19). The molecule has 2 aromatic rings. The molecular weight excluding hydrogens is 236 g/mol. The van der Waals surface area contributed by atoms with Crippen molar-refractivity contribution in [3.05, 3.63) is 24.3 Å². The Bertz CT molecular complexity index is 584. The van der Waals surface area contributed by atoms with Gasteiger partial charge in [-0.2, -0.15) is 4.98 Å². The molecule has 1 fully saturated rings. The van der Waals surface area contributed by atoms with Gasteiger partial charge in [-0.25, -0.2) is 4.98 Å². The molecule has 0 aliphatic heterocycles. The fourth-order valence-corrected chi connectivity index (χ4v) is 2.83. The molecule has 1 saturated carbocycles. The quantitative estimate of drug-likeness (QED) is 0.881. The van der Waals surface area contributed by atoms with Gasteiger partial charge in [-0.1, -0.05) is 25.5 Å². The molecule has 4 heteroatoms. The summed E-state index contributed by atoms with van der Waals surface area (Å²) in [6.07, 6.45) is 5.20. The molecule has 0 radical (unpaired) electrons. The molecule has 0 bridgehead atoms. The van der Waals surface area contributed by atoms with Gasteiger partial charge in [-0.3, -0.25) is 0 Å². The van der Waals surface area contributed by atoms with Crippen molar-refractivity contribution in [2.75, 3.05) is 17.6 Å². The monoisotopic (exact) mass is 256 g/mol. The van der Waals surface area contributed by atoms with Crippen molar-refractivity contribution in [1.29, 1.82) is 0 Å². The Morgan fingerprint density at radius 3 is 2.74 bits per heavy atom. The van der Waals surface area contributed by atoms with Gasteiger partial charge in [0.15, 0.2) is 0 Å². The van der Waals surface area contributed by atoms with E-state index in [1.54, 1.807) is 0 Å². The number of fused-ring (bicyclic) bond motifs is 1. The highest BCUT2D eigenvalue weighted by molar-refractivity contribution is 5.89. The number of nitrogen functional groups attached to an aromatic ring is 1. The Balaban J connectivity index is 1.88. The van der Waals surface area contributed by atoms with E-state index >= 15 is 0 Å². The first-order valence-electron chi connectivity index (χ1n) is 6.99. The normalized spacial score (nSPS) is 17.1. The Morgan fingerprint density at radius 1 is 1.26 bits per heavy atom. The maximum Gasteiger partial charge on any atom is 0.222 e. The molecule has 100 valence electrons. The number of nitrogens with two attached hydrogens (primary N) is 1. The largest absolute Gasteiger partial charge is 0.369 e. The molecule has 0 saturated heterocycles. The SMILES string of the molecule is CCC1(CNc2nc(N)nc3ccccc23)CCC1. The molecule has 1 aliphatic rings. The van der Waals surface area contributed by atoms with Crippen LogP contribution in [0.1, 0.15) is 32.6 Å². The molecule has 1 aliphatic carbocycles. The number of nitrogens with one attached hydrogen (secondary N) is 1. The molecule has 3 rings (SSSR count). The van der Waals surface area contributed by atoms with E-state index < -0.39 is 0 Å². The summed E-state index contributed by atoms with van der Waals surface area (Å²) in [5.41, 5.74) is 7.14. The maximum absolute atomic E-state index is 5.78. The second kappa shape index (κ2) is 4.68. The van der Waals surface area contributed by atoms with Crippen LogP contribution >= 0.6 is 0 Å².